The predicted molar refractivity (Wildman–Crippen MR) is 50.6 cm³/mol. The van der Waals surface area contributed by atoms with E-state index >= 15 is 0 Å². The normalized spacial score (nSPS) is 28.8. The molecule has 0 bridgehead atoms. The Bertz CT molecular complexity index is 267. The molecule has 0 radical (unpaired) electrons. The molecule has 5 nitrogen and oxygen atoms in total. The Morgan fingerprint density at radius 2 is 2.14 bits per heavy atom. The van der Waals surface area contributed by atoms with Gasteiger partial charge >= 0.3 is 0 Å². The monoisotopic (exact) mass is 197 g/mol. The highest BCUT2D eigenvalue weighted by Gasteiger charge is 2.34. The van der Waals surface area contributed by atoms with Crippen LogP contribution in [0.2, 0.25) is 0 Å². The third kappa shape index (κ3) is 1.59. The van der Waals surface area contributed by atoms with E-state index in [1.165, 1.54) is 0 Å². The molecule has 2 amide bonds. The number of rotatable bonds is 1. The molecular weight excluding hydrogens is 182 g/mol. The third-order valence-electron chi connectivity index (χ3n) is 2.89. The van der Waals surface area contributed by atoms with E-state index in [4.69, 9.17) is 0 Å². The van der Waals surface area contributed by atoms with E-state index in [9.17, 15) is 9.59 Å². The summed E-state index contributed by atoms with van der Waals surface area (Å²) >= 11 is 0. The number of hydrogen-bond donors (Lipinski definition) is 1. The van der Waals surface area contributed by atoms with Gasteiger partial charge in [-0.3, -0.25) is 9.59 Å². The number of nitrogens with zero attached hydrogens (tertiary/aromatic N) is 2. The smallest absolute Gasteiger partial charge is 0.236 e. The molecule has 2 aliphatic rings. The van der Waals surface area contributed by atoms with Crippen LogP contribution in [0.1, 0.15) is 6.42 Å². The quantitative estimate of drug-likeness (QED) is 0.565. The zero-order valence-corrected chi connectivity index (χ0v) is 8.32. The molecule has 0 saturated carbocycles. The van der Waals surface area contributed by atoms with Crippen molar-refractivity contribution >= 4 is 11.8 Å². The molecule has 2 fully saturated rings. The van der Waals surface area contributed by atoms with Crippen molar-refractivity contribution in [1.82, 2.24) is 15.1 Å². The van der Waals surface area contributed by atoms with E-state index in [2.05, 4.69) is 5.32 Å². The Hall–Kier alpha value is -1.10. The Balaban J connectivity index is 2.01. The largest absolute Gasteiger partial charge is 0.344 e. The van der Waals surface area contributed by atoms with E-state index in [0.717, 1.165) is 13.1 Å². The predicted octanol–water partition coefficient (Wildman–Crippen LogP) is -1.35. The molecule has 2 heterocycles. The average Bonchev–Trinajstić information content (AvgIpc) is 2.48. The van der Waals surface area contributed by atoms with Crippen LogP contribution < -0.4 is 5.32 Å². The SMILES string of the molecule is CN1C[C@H](N2CCNCC2=O)CC1=O. The highest BCUT2D eigenvalue weighted by atomic mass is 16.2. The van der Waals surface area contributed by atoms with Gasteiger partial charge in [-0.05, 0) is 0 Å². The van der Waals surface area contributed by atoms with Gasteiger partial charge < -0.3 is 15.1 Å². The molecule has 0 unspecified atom stereocenters. The van der Waals surface area contributed by atoms with Gasteiger partial charge in [-0.1, -0.05) is 0 Å². The van der Waals surface area contributed by atoms with Crippen LogP contribution in [-0.2, 0) is 9.59 Å². The molecule has 0 aliphatic carbocycles. The summed E-state index contributed by atoms with van der Waals surface area (Å²) in [5.74, 6) is 0.255. The number of piperazine rings is 1. The molecule has 2 saturated heterocycles. The Kier molecular flexibility index (Phi) is 2.41. The van der Waals surface area contributed by atoms with Crippen LogP contribution in [0.4, 0.5) is 0 Å². The van der Waals surface area contributed by atoms with E-state index < -0.39 is 0 Å². The minimum absolute atomic E-state index is 0.0992. The number of carbonyl (C=O) groups is 2. The summed E-state index contributed by atoms with van der Waals surface area (Å²) in [4.78, 5) is 26.4. The van der Waals surface area contributed by atoms with Gasteiger partial charge in [0.05, 0.1) is 12.6 Å². The van der Waals surface area contributed by atoms with Gasteiger partial charge in [0.15, 0.2) is 0 Å². The topological polar surface area (TPSA) is 52.6 Å². The van der Waals surface area contributed by atoms with Crippen molar-refractivity contribution in [3.05, 3.63) is 0 Å². The first-order valence-electron chi connectivity index (χ1n) is 4.92. The summed E-state index contributed by atoms with van der Waals surface area (Å²) in [7, 11) is 1.79. The minimum Gasteiger partial charge on any atom is -0.344 e. The van der Waals surface area contributed by atoms with Crippen molar-refractivity contribution in [2.24, 2.45) is 0 Å². The Morgan fingerprint density at radius 1 is 1.36 bits per heavy atom. The maximum absolute atomic E-state index is 11.5. The summed E-state index contributed by atoms with van der Waals surface area (Å²) < 4.78 is 0. The number of likely N-dealkylation sites (tertiary alicyclic amines) is 1. The van der Waals surface area contributed by atoms with Crippen molar-refractivity contribution in [2.45, 2.75) is 12.5 Å². The van der Waals surface area contributed by atoms with E-state index in [1.54, 1.807) is 11.9 Å². The second-order valence-corrected chi connectivity index (χ2v) is 3.90. The van der Waals surface area contributed by atoms with Crippen molar-refractivity contribution < 1.29 is 9.59 Å². The first-order valence-corrected chi connectivity index (χ1v) is 4.92. The first-order chi connectivity index (χ1) is 6.68. The molecule has 1 atom stereocenters. The van der Waals surface area contributed by atoms with Crippen molar-refractivity contribution in [3.63, 3.8) is 0 Å². The number of nitrogens with one attached hydrogen (secondary N) is 1. The summed E-state index contributed by atoms with van der Waals surface area (Å²) in [5, 5.41) is 3.02. The van der Waals surface area contributed by atoms with Crippen LogP contribution in [0.15, 0.2) is 0 Å². The van der Waals surface area contributed by atoms with E-state index in [0.29, 0.717) is 19.5 Å². The standard InChI is InChI=1S/C9H15N3O2/c1-11-6-7(4-8(11)13)12-3-2-10-5-9(12)14/h7,10H,2-6H2,1H3/t7-/m1/s1. The lowest BCUT2D eigenvalue weighted by atomic mass is 10.2. The van der Waals surface area contributed by atoms with Crippen molar-refractivity contribution in [1.29, 1.82) is 0 Å². The number of hydrogen-bond acceptors (Lipinski definition) is 3. The van der Waals surface area contributed by atoms with Gasteiger partial charge in [0.25, 0.3) is 0 Å². The Morgan fingerprint density at radius 3 is 2.71 bits per heavy atom. The lowest BCUT2D eigenvalue weighted by molar-refractivity contribution is -0.134. The summed E-state index contributed by atoms with van der Waals surface area (Å²) in [6.45, 7) is 2.66. The summed E-state index contributed by atoms with van der Waals surface area (Å²) in [5.41, 5.74) is 0. The summed E-state index contributed by atoms with van der Waals surface area (Å²) in [6.07, 6.45) is 0.488. The second kappa shape index (κ2) is 3.57. The zero-order valence-electron chi connectivity index (χ0n) is 8.32. The first kappa shape index (κ1) is 9.45. The second-order valence-electron chi connectivity index (χ2n) is 3.90. The number of carbonyl (C=O) groups excluding carboxylic acids is 2. The van der Waals surface area contributed by atoms with Crippen LogP contribution in [0.5, 0.6) is 0 Å². The molecule has 0 aromatic heterocycles. The van der Waals surface area contributed by atoms with E-state index in [1.807, 2.05) is 4.90 Å². The fourth-order valence-corrected chi connectivity index (χ4v) is 2.06. The molecule has 5 heteroatoms. The molecule has 2 aliphatic heterocycles. The fourth-order valence-electron chi connectivity index (χ4n) is 2.06. The van der Waals surface area contributed by atoms with Gasteiger partial charge in [0.1, 0.15) is 0 Å². The average molecular weight is 197 g/mol. The molecule has 0 aromatic rings. The van der Waals surface area contributed by atoms with Gasteiger partial charge in [-0.25, -0.2) is 0 Å². The lowest BCUT2D eigenvalue weighted by Gasteiger charge is -2.32. The maximum atomic E-state index is 11.5. The molecular formula is C9H15N3O2. The highest BCUT2D eigenvalue weighted by molar-refractivity contribution is 5.83. The maximum Gasteiger partial charge on any atom is 0.236 e. The molecule has 78 valence electrons. The van der Waals surface area contributed by atoms with Crippen LogP contribution in [0, 0.1) is 0 Å². The fraction of sp³-hybridized carbons (Fsp3) is 0.778. The highest BCUT2D eigenvalue weighted by Crippen LogP contribution is 2.16. The van der Waals surface area contributed by atoms with Gasteiger partial charge in [0, 0.05) is 33.1 Å². The third-order valence-corrected chi connectivity index (χ3v) is 2.89. The minimum atomic E-state index is 0.0992. The van der Waals surface area contributed by atoms with Gasteiger partial charge in [0.2, 0.25) is 11.8 Å². The Labute approximate surface area is 83.0 Å². The van der Waals surface area contributed by atoms with Gasteiger partial charge in [-0.2, -0.15) is 0 Å². The van der Waals surface area contributed by atoms with Crippen LogP contribution in [0.3, 0.4) is 0 Å². The van der Waals surface area contributed by atoms with Crippen LogP contribution in [-0.4, -0.2) is 60.9 Å². The van der Waals surface area contributed by atoms with Gasteiger partial charge in [-0.15, -0.1) is 0 Å². The summed E-state index contributed by atoms with van der Waals surface area (Å²) in [6, 6.07) is 0.0992. The van der Waals surface area contributed by atoms with E-state index in [-0.39, 0.29) is 17.9 Å². The number of amides is 2. The van der Waals surface area contributed by atoms with Crippen molar-refractivity contribution in [2.75, 3.05) is 33.2 Å². The molecule has 2 rings (SSSR count). The molecule has 1 N–H and O–H groups in total. The van der Waals surface area contributed by atoms with Crippen molar-refractivity contribution in [3.8, 4) is 0 Å². The van der Waals surface area contributed by atoms with Crippen LogP contribution >= 0.6 is 0 Å². The molecule has 14 heavy (non-hydrogen) atoms. The zero-order chi connectivity index (χ0) is 10.1. The number of likely N-dealkylation sites (N-methyl/N-ethyl adjacent to an activating group) is 1. The lowest BCUT2D eigenvalue weighted by Crippen LogP contribution is -2.53. The molecule has 0 aromatic carbocycles. The van der Waals surface area contributed by atoms with Crippen LogP contribution in [0.25, 0.3) is 0 Å². The molecule has 0 spiro atoms.